The molecule has 1 aliphatic rings. The number of hydrogen-bond acceptors (Lipinski definition) is 5. The molecule has 0 aliphatic carbocycles. The minimum atomic E-state index is -0.374. The zero-order valence-corrected chi connectivity index (χ0v) is 16.2. The number of amides is 2. The SMILES string of the molecule is CN(C)C(=O)OC1CCN(C(=O)Cn2c(=O)sc3cccc(Cl)c32)CC1. The number of likely N-dealkylation sites (tertiary alicyclic amines) is 1. The standard InChI is InChI=1S/C17H20ClN3O4S/c1-19(2)16(23)25-11-6-8-20(9-7-11)14(22)10-21-15-12(18)4-3-5-13(15)26-17(21)24/h3-5,11H,6-10H2,1-2H3. The Hall–Kier alpha value is -2.06. The van der Waals surface area contributed by atoms with Crippen molar-refractivity contribution in [1.29, 1.82) is 0 Å². The summed E-state index contributed by atoms with van der Waals surface area (Å²) in [4.78, 5) is 39.4. The Kier molecular flexibility index (Phi) is 5.52. The Morgan fingerprint density at radius 1 is 1.31 bits per heavy atom. The number of fused-ring (bicyclic) bond motifs is 1. The molecule has 1 fully saturated rings. The number of benzene rings is 1. The van der Waals surface area contributed by atoms with Crippen LogP contribution in [0.2, 0.25) is 5.02 Å². The lowest BCUT2D eigenvalue weighted by atomic mass is 10.1. The normalized spacial score (nSPS) is 15.3. The van der Waals surface area contributed by atoms with Gasteiger partial charge in [-0.15, -0.1) is 0 Å². The summed E-state index contributed by atoms with van der Waals surface area (Å²) in [7, 11) is 3.27. The van der Waals surface area contributed by atoms with Gasteiger partial charge in [-0.3, -0.25) is 14.2 Å². The van der Waals surface area contributed by atoms with Crippen LogP contribution in [-0.4, -0.2) is 59.7 Å². The summed E-state index contributed by atoms with van der Waals surface area (Å²) in [6, 6.07) is 5.31. The van der Waals surface area contributed by atoms with Crippen molar-refractivity contribution in [3.05, 3.63) is 32.9 Å². The molecule has 0 saturated carbocycles. The Morgan fingerprint density at radius 2 is 2.00 bits per heavy atom. The lowest BCUT2D eigenvalue weighted by molar-refractivity contribution is -0.133. The molecular weight excluding hydrogens is 378 g/mol. The molecular formula is C17H20ClN3O4S. The molecule has 140 valence electrons. The fourth-order valence-electron chi connectivity index (χ4n) is 2.93. The van der Waals surface area contributed by atoms with Crippen molar-refractivity contribution < 1.29 is 14.3 Å². The van der Waals surface area contributed by atoms with Gasteiger partial charge >= 0.3 is 11.0 Å². The van der Waals surface area contributed by atoms with E-state index in [1.54, 1.807) is 31.1 Å². The minimum absolute atomic E-state index is 0.0370. The molecule has 2 aromatic rings. The van der Waals surface area contributed by atoms with Crippen LogP contribution in [0.25, 0.3) is 10.2 Å². The average molecular weight is 398 g/mol. The van der Waals surface area contributed by atoms with Crippen LogP contribution >= 0.6 is 22.9 Å². The Labute approximate surface area is 159 Å². The van der Waals surface area contributed by atoms with E-state index in [4.69, 9.17) is 16.3 Å². The minimum Gasteiger partial charge on any atom is -0.446 e. The van der Waals surface area contributed by atoms with Crippen LogP contribution in [-0.2, 0) is 16.1 Å². The van der Waals surface area contributed by atoms with Gasteiger partial charge in [-0.1, -0.05) is 29.0 Å². The summed E-state index contributed by atoms with van der Waals surface area (Å²) in [6.07, 6.45) is 0.616. The zero-order valence-electron chi connectivity index (χ0n) is 14.6. The molecule has 2 heterocycles. The largest absolute Gasteiger partial charge is 0.446 e. The quantitative estimate of drug-likeness (QED) is 0.797. The second-order valence-electron chi connectivity index (χ2n) is 6.40. The lowest BCUT2D eigenvalue weighted by Crippen LogP contribution is -2.44. The van der Waals surface area contributed by atoms with Crippen LogP contribution in [0.3, 0.4) is 0 Å². The van der Waals surface area contributed by atoms with Crippen molar-refractivity contribution >= 4 is 45.2 Å². The van der Waals surface area contributed by atoms with Gasteiger partial charge in [-0.2, -0.15) is 0 Å². The van der Waals surface area contributed by atoms with Crippen LogP contribution in [0.1, 0.15) is 12.8 Å². The van der Waals surface area contributed by atoms with Crippen molar-refractivity contribution in [3.8, 4) is 0 Å². The average Bonchev–Trinajstić information content (AvgIpc) is 2.92. The molecule has 0 unspecified atom stereocenters. The summed E-state index contributed by atoms with van der Waals surface area (Å²) in [5, 5.41) is 0.461. The highest BCUT2D eigenvalue weighted by Crippen LogP contribution is 2.25. The maximum Gasteiger partial charge on any atom is 0.409 e. The molecule has 0 bridgehead atoms. The summed E-state index contributed by atoms with van der Waals surface area (Å²) >= 11 is 7.29. The van der Waals surface area contributed by atoms with E-state index in [2.05, 4.69) is 0 Å². The molecule has 1 saturated heterocycles. The first-order valence-electron chi connectivity index (χ1n) is 8.30. The maximum absolute atomic E-state index is 12.6. The van der Waals surface area contributed by atoms with Gasteiger partial charge in [0.1, 0.15) is 12.6 Å². The summed E-state index contributed by atoms with van der Waals surface area (Å²) in [5.41, 5.74) is 0.604. The number of carbonyl (C=O) groups is 2. The molecule has 1 aromatic carbocycles. The highest BCUT2D eigenvalue weighted by Gasteiger charge is 2.26. The van der Waals surface area contributed by atoms with Gasteiger partial charge < -0.3 is 14.5 Å². The molecule has 1 aromatic heterocycles. The second kappa shape index (κ2) is 7.67. The van der Waals surface area contributed by atoms with Crippen LogP contribution in [0.4, 0.5) is 4.79 Å². The van der Waals surface area contributed by atoms with E-state index in [1.165, 1.54) is 9.47 Å². The monoisotopic (exact) mass is 397 g/mol. The molecule has 9 heteroatoms. The smallest absolute Gasteiger partial charge is 0.409 e. The van der Waals surface area contributed by atoms with E-state index >= 15 is 0 Å². The van der Waals surface area contributed by atoms with Gasteiger partial charge in [0.2, 0.25) is 5.91 Å². The van der Waals surface area contributed by atoms with Gasteiger partial charge in [0.25, 0.3) is 0 Å². The van der Waals surface area contributed by atoms with Gasteiger partial charge in [-0.25, -0.2) is 4.79 Å². The van der Waals surface area contributed by atoms with E-state index < -0.39 is 0 Å². The highest BCUT2D eigenvalue weighted by molar-refractivity contribution is 7.16. The third-order valence-electron chi connectivity index (χ3n) is 4.36. The predicted octanol–water partition coefficient (Wildman–Crippen LogP) is 2.41. The van der Waals surface area contributed by atoms with Gasteiger partial charge in [0, 0.05) is 40.0 Å². The number of halogens is 1. The van der Waals surface area contributed by atoms with E-state index in [-0.39, 0.29) is 29.5 Å². The van der Waals surface area contributed by atoms with E-state index in [0.717, 1.165) is 16.0 Å². The van der Waals surface area contributed by atoms with E-state index in [0.29, 0.717) is 36.5 Å². The highest BCUT2D eigenvalue weighted by atomic mass is 35.5. The van der Waals surface area contributed by atoms with Crippen molar-refractivity contribution in [2.45, 2.75) is 25.5 Å². The molecule has 2 amide bonds. The molecule has 0 spiro atoms. The summed E-state index contributed by atoms with van der Waals surface area (Å²) in [6.45, 7) is 0.953. The Balaban J connectivity index is 1.65. The first-order valence-corrected chi connectivity index (χ1v) is 9.50. The number of aromatic nitrogens is 1. The van der Waals surface area contributed by atoms with Crippen LogP contribution in [0, 0.1) is 0 Å². The Bertz CT molecular complexity index is 884. The molecule has 26 heavy (non-hydrogen) atoms. The fraction of sp³-hybridized carbons (Fsp3) is 0.471. The predicted molar refractivity (Wildman–Crippen MR) is 101 cm³/mol. The van der Waals surface area contributed by atoms with E-state index in [9.17, 15) is 14.4 Å². The molecule has 3 rings (SSSR count). The van der Waals surface area contributed by atoms with Crippen LogP contribution in [0.15, 0.2) is 23.0 Å². The molecule has 0 N–H and O–H groups in total. The number of nitrogens with zero attached hydrogens (tertiary/aromatic N) is 3. The van der Waals surface area contributed by atoms with Crippen LogP contribution < -0.4 is 4.87 Å². The van der Waals surface area contributed by atoms with Gasteiger partial charge in [0.15, 0.2) is 0 Å². The Morgan fingerprint density at radius 3 is 2.65 bits per heavy atom. The molecule has 1 aliphatic heterocycles. The zero-order chi connectivity index (χ0) is 18.8. The number of thiazole rings is 1. The van der Waals surface area contributed by atoms with Crippen molar-refractivity contribution in [1.82, 2.24) is 14.4 Å². The fourth-order valence-corrected chi connectivity index (χ4v) is 4.18. The molecule has 0 radical (unpaired) electrons. The lowest BCUT2D eigenvalue weighted by Gasteiger charge is -2.32. The number of rotatable bonds is 3. The maximum atomic E-state index is 12.6. The van der Waals surface area contributed by atoms with Gasteiger partial charge in [0.05, 0.1) is 15.2 Å². The van der Waals surface area contributed by atoms with Crippen molar-refractivity contribution in [3.63, 3.8) is 0 Å². The third-order valence-corrected chi connectivity index (χ3v) is 5.61. The molecule has 7 nitrogen and oxygen atoms in total. The number of hydrogen-bond donors (Lipinski definition) is 0. The number of para-hydroxylation sites is 1. The topological polar surface area (TPSA) is 71.8 Å². The first-order chi connectivity index (χ1) is 12.4. The third kappa shape index (κ3) is 3.86. The van der Waals surface area contributed by atoms with Crippen molar-refractivity contribution in [2.24, 2.45) is 0 Å². The van der Waals surface area contributed by atoms with Gasteiger partial charge in [-0.05, 0) is 12.1 Å². The van der Waals surface area contributed by atoms with Crippen molar-refractivity contribution in [2.75, 3.05) is 27.2 Å². The number of piperidine rings is 1. The molecule has 0 atom stereocenters. The number of ether oxygens (including phenoxy) is 1. The first kappa shape index (κ1) is 18.7. The van der Waals surface area contributed by atoms with E-state index in [1.807, 2.05) is 6.07 Å². The van der Waals surface area contributed by atoms with Crippen LogP contribution in [0.5, 0.6) is 0 Å². The second-order valence-corrected chi connectivity index (χ2v) is 7.80. The number of carbonyl (C=O) groups excluding carboxylic acids is 2. The summed E-state index contributed by atoms with van der Waals surface area (Å²) in [5.74, 6) is -0.135. The summed E-state index contributed by atoms with van der Waals surface area (Å²) < 4.78 is 7.56.